The molecule has 28 heavy (non-hydrogen) atoms. The summed E-state index contributed by atoms with van der Waals surface area (Å²) < 4.78 is 0. The first-order valence-corrected chi connectivity index (χ1v) is 9.21. The summed E-state index contributed by atoms with van der Waals surface area (Å²) in [5, 5.41) is 4.09. The zero-order valence-electron chi connectivity index (χ0n) is 15.3. The fourth-order valence-electron chi connectivity index (χ4n) is 3.89. The minimum atomic E-state index is -0.0524. The summed E-state index contributed by atoms with van der Waals surface area (Å²) in [7, 11) is 0. The molecule has 0 spiro atoms. The summed E-state index contributed by atoms with van der Waals surface area (Å²) in [6, 6.07) is 25.1. The summed E-state index contributed by atoms with van der Waals surface area (Å²) in [5.74, 6) is -0.0642. The maximum atomic E-state index is 13.5. The van der Waals surface area contributed by atoms with Gasteiger partial charge in [-0.1, -0.05) is 66.7 Å². The normalized spacial score (nSPS) is 11.3. The molecule has 0 saturated heterocycles. The molecule has 3 heteroatoms. The van der Waals surface area contributed by atoms with Crippen molar-refractivity contribution >= 4 is 44.1 Å². The van der Waals surface area contributed by atoms with E-state index in [0.717, 1.165) is 32.6 Å². The standard InChI is InChI=1S/C25H17NO2/c1-15(27)16-10-12-17(13-11-16)25(28)23-19-7-3-2-6-18(19)14-21-20-8-4-5-9-22(20)26-24(21)23/h2-14,26H,1H3. The van der Waals surface area contributed by atoms with Gasteiger partial charge in [0.1, 0.15) is 0 Å². The molecular formula is C25H17NO2. The number of rotatable bonds is 3. The highest BCUT2D eigenvalue weighted by molar-refractivity contribution is 6.27. The van der Waals surface area contributed by atoms with Crippen molar-refractivity contribution in [3.05, 3.63) is 95.6 Å². The van der Waals surface area contributed by atoms with E-state index in [9.17, 15) is 9.59 Å². The number of fused-ring (bicyclic) bond motifs is 4. The number of benzene rings is 4. The molecule has 4 aromatic carbocycles. The maximum absolute atomic E-state index is 13.5. The molecule has 0 radical (unpaired) electrons. The van der Waals surface area contributed by atoms with Crippen molar-refractivity contribution < 1.29 is 9.59 Å². The second-order valence-electron chi connectivity index (χ2n) is 7.03. The number of para-hydroxylation sites is 1. The predicted molar refractivity (Wildman–Crippen MR) is 113 cm³/mol. The van der Waals surface area contributed by atoms with Crippen LogP contribution in [-0.4, -0.2) is 16.6 Å². The van der Waals surface area contributed by atoms with E-state index in [2.05, 4.69) is 17.1 Å². The average Bonchev–Trinajstić information content (AvgIpc) is 3.09. The lowest BCUT2D eigenvalue weighted by Crippen LogP contribution is -2.04. The first kappa shape index (κ1) is 16.5. The minimum absolute atomic E-state index is 0.0119. The van der Waals surface area contributed by atoms with Crippen LogP contribution in [-0.2, 0) is 0 Å². The van der Waals surface area contributed by atoms with Gasteiger partial charge in [-0.25, -0.2) is 0 Å². The van der Waals surface area contributed by atoms with Crippen LogP contribution in [0.25, 0.3) is 32.6 Å². The van der Waals surface area contributed by atoms with Gasteiger partial charge in [0, 0.05) is 27.4 Å². The Bertz CT molecular complexity index is 1390. The number of aromatic nitrogens is 1. The predicted octanol–water partition coefficient (Wildman–Crippen LogP) is 5.91. The molecule has 3 nitrogen and oxygen atoms in total. The number of aromatic amines is 1. The molecule has 1 aromatic heterocycles. The highest BCUT2D eigenvalue weighted by atomic mass is 16.1. The second-order valence-corrected chi connectivity index (χ2v) is 7.03. The Kier molecular flexibility index (Phi) is 3.63. The Morgan fingerprint density at radius 1 is 0.714 bits per heavy atom. The van der Waals surface area contributed by atoms with Crippen molar-refractivity contribution in [2.24, 2.45) is 0 Å². The SMILES string of the molecule is CC(=O)c1ccc(C(=O)c2c3ccccc3cc3c2[nH]c2ccccc23)cc1. The fourth-order valence-corrected chi connectivity index (χ4v) is 3.89. The molecule has 0 atom stereocenters. The van der Waals surface area contributed by atoms with Crippen LogP contribution in [0, 0.1) is 0 Å². The summed E-state index contributed by atoms with van der Waals surface area (Å²) in [5.41, 5.74) is 3.70. The topological polar surface area (TPSA) is 49.9 Å². The monoisotopic (exact) mass is 363 g/mol. The number of nitrogens with one attached hydrogen (secondary N) is 1. The number of hydrogen-bond donors (Lipinski definition) is 1. The Morgan fingerprint density at radius 2 is 1.36 bits per heavy atom. The molecule has 134 valence electrons. The molecule has 0 fully saturated rings. The van der Waals surface area contributed by atoms with Crippen molar-refractivity contribution in [2.75, 3.05) is 0 Å². The van der Waals surface area contributed by atoms with Crippen molar-refractivity contribution in [1.29, 1.82) is 0 Å². The number of carbonyl (C=O) groups excluding carboxylic acids is 2. The molecular weight excluding hydrogens is 346 g/mol. The van der Waals surface area contributed by atoms with E-state index >= 15 is 0 Å². The van der Waals surface area contributed by atoms with Gasteiger partial charge in [0.05, 0.1) is 11.1 Å². The minimum Gasteiger partial charge on any atom is -0.354 e. The molecule has 1 N–H and O–H groups in total. The molecule has 5 rings (SSSR count). The number of Topliss-reactive ketones (excluding diaryl/α,β-unsaturated/α-hetero) is 1. The number of H-pyrrole nitrogens is 1. The van der Waals surface area contributed by atoms with Gasteiger partial charge in [0.2, 0.25) is 0 Å². The van der Waals surface area contributed by atoms with Gasteiger partial charge in [-0.15, -0.1) is 0 Å². The summed E-state index contributed by atoms with van der Waals surface area (Å²) >= 11 is 0. The van der Waals surface area contributed by atoms with Crippen LogP contribution in [0.2, 0.25) is 0 Å². The number of ketones is 2. The molecule has 0 bridgehead atoms. The van der Waals surface area contributed by atoms with Gasteiger partial charge in [0.15, 0.2) is 11.6 Å². The first-order chi connectivity index (χ1) is 13.6. The van der Waals surface area contributed by atoms with Crippen LogP contribution in [0.3, 0.4) is 0 Å². The van der Waals surface area contributed by atoms with Gasteiger partial charge in [-0.3, -0.25) is 9.59 Å². The lowest BCUT2D eigenvalue weighted by molar-refractivity contribution is 0.101. The third-order valence-electron chi connectivity index (χ3n) is 5.31. The van der Waals surface area contributed by atoms with E-state index in [1.54, 1.807) is 24.3 Å². The molecule has 0 aliphatic carbocycles. The van der Waals surface area contributed by atoms with Crippen LogP contribution in [0.1, 0.15) is 33.2 Å². The summed E-state index contributed by atoms with van der Waals surface area (Å²) in [6.07, 6.45) is 0. The third-order valence-corrected chi connectivity index (χ3v) is 5.31. The van der Waals surface area contributed by atoms with Crippen LogP contribution in [0.4, 0.5) is 0 Å². The first-order valence-electron chi connectivity index (χ1n) is 9.21. The highest BCUT2D eigenvalue weighted by Gasteiger charge is 2.19. The fraction of sp³-hybridized carbons (Fsp3) is 0.0400. The third kappa shape index (κ3) is 2.44. The zero-order valence-corrected chi connectivity index (χ0v) is 15.3. The van der Waals surface area contributed by atoms with Gasteiger partial charge in [0.25, 0.3) is 0 Å². The van der Waals surface area contributed by atoms with Gasteiger partial charge in [-0.05, 0) is 29.8 Å². The maximum Gasteiger partial charge on any atom is 0.195 e. The lowest BCUT2D eigenvalue weighted by atomic mass is 9.93. The molecule has 0 aliphatic rings. The largest absolute Gasteiger partial charge is 0.354 e. The van der Waals surface area contributed by atoms with Crippen molar-refractivity contribution in [3.63, 3.8) is 0 Å². The van der Waals surface area contributed by atoms with E-state index in [1.165, 1.54) is 6.92 Å². The van der Waals surface area contributed by atoms with Gasteiger partial charge >= 0.3 is 0 Å². The zero-order chi connectivity index (χ0) is 19.3. The van der Waals surface area contributed by atoms with Crippen LogP contribution in [0.5, 0.6) is 0 Å². The van der Waals surface area contributed by atoms with Crippen LogP contribution < -0.4 is 0 Å². The van der Waals surface area contributed by atoms with Crippen LogP contribution >= 0.6 is 0 Å². The summed E-state index contributed by atoms with van der Waals surface area (Å²) in [6.45, 7) is 1.52. The van der Waals surface area contributed by atoms with E-state index in [-0.39, 0.29) is 11.6 Å². The molecule has 1 heterocycles. The van der Waals surface area contributed by atoms with Gasteiger partial charge < -0.3 is 4.98 Å². The quantitative estimate of drug-likeness (QED) is 0.405. The number of hydrogen-bond acceptors (Lipinski definition) is 2. The number of carbonyl (C=O) groups is 2. The average molecular weight is 363 g/mol. The molecule has 0 saturated carbocycles. The van der Waals surface area contributed by atoms with Crippen molar-refractivity contribution in [2.45, 2.75) is 6.92 Å². The van der Waals surface area contributed by atoms with Crippen molar-refractivity contribution in [1.82, 2.24) is 4.98 Å². The van der Waals surface area contributed by atoms with E-state index in [0.29, 0.717) is 16.7 Å². The smallest absolute Gasteiger partial charge is 0.195 e. The van der Waals surface area contributed by atoms with Crippen LogP contribution in [0.15, 0.2) is 78.9 Å². The van der Waals surface area contributed by atoms with E-state index in [1.807, 2.05) is 42.5 Å². The molecule has 0 aliphatic heterocycles. The second kappa shape index (κ2) is 6.17. The Labute approximate surface area is 161 Å². The molecule has 0 amide bonds. The molecule has 0 unspecified atom stereocenters. The molecule has 5 aromatic rings. The lowest BCUT2D eigenvalue weighted by Gasteiger charge is -2.09. The highest BCUT2D eigenvalue weighted by Crippen LogP contribution is 2.34. The van der Waals surface area contributed by atoms with Crippen molar-refractivity contribution in [3.8, 4) is 0 Å². The van der Waals surface area contributed by atoms with E-state index < -0.39 is 0 Å². The Hall–Kier alpha value is -3.72. The van der Waals surface area contributed by atoms with E-state index in [4.69, 9.17) is 0 Å². The van der Waals surface area contributed by atoms with Gasteiger partial charge in [-0.2, -0.15) is 0 Å². The Morgan fingerprint density at radius 3 is 2.11 bits per heavy atom. The summed E-state index contributed by atoms with van der Waals surface area (Å²) in [4.78, 5) is 28.5. The Balaban J connectivity index is 1.83.